The summed E-state index contributed by atoms with van der Waals surface area (Å²) in [7, 11) is 1.97. The van der Waals surface area contributed by atoms with E-state index in [1.807, 2.05) is 22.5 Å². The van der Waals surface area contributed by atoms with Crippen LogP contribution in [0.15, 0.2) is 12.5 Å². The van der Waals surface area contributed by atoms with E-state index in [2.05, 4.69) is 28.9 Å². The first-order valence-corrected chi connectivity index (χ1v) is 8.56. The predicted molar refractivity (Wildman–Crippen MR) is 90.8 cm³/mol. The smallest absolute Gasteiger partial charge is 0.245 e. The van der Waals surface area contributed by atoms with Crippen molar-refractivity contribution in [1.82, 2.24) is 29.3 Å². The second-order valence-electron chi connectivity index (χ2n) is 6.33. The molecular weight excluding hydrogens is 304 g/mol. The van der Waals surface area contributed by atoms with Gasteiger partial charge in [-0.05, 0) is 39.5 Å². The lowest BCUT2D eigenvalue weighted by atomic mass is 10.2. The number of nitrogens with zero attached hydrogens (tertiary/aromatic N) is 6. The topological polar surface area (TPSA) is 70.7 Å². The molecule has 0 aliphatic heterocycles. The van der Waals surface area contributed by atoms with Crippen molar-refractivity contribution >= 4 is 11.2 Å². The van der Waals surface area contributed by atoms with Crippen LogP contribution in [0, 0.1) is 6.92 Å². The Bertz CT molecular complexity index is 875. The minimum Gasteiger partial charge on any atom is -0.473 e. The fourth-order valence-electron chi connectivity index (χ4n) is 3.45. The molecule has 4 rings (SSSR count). The van der Waals surface area contributed by atoms with Gasteiger partial charge in [0.05, 0.1) is 11.8 Å². The Balaban J connectivity index is 1.80. The molecule has 0 bridgehead atoms. The first-order chi connectivity index (χ1) is 11.7. The molecule has 0 N–H and O–H groups in total. The van der Waals surface area contributed by atoms with Crippen molar-refractivity contribution in [3.05, 3.63) is 18.2 Å². The molecule has 1 fully saturated rings. The van der Waals surface area contributed by atoms with Crippen molar-refractivity contribution in [2.24, 2.45) is 7.05 Å². The molecule has 1 aliphatic rings. The number of ether oxygens (including phenoxy) is 1. The number of imidazole rings is 1. The maximum Gasteiger partial charge on any atom is 0.245 e. The molecule has 0 saturated heterocycles. The van der Waals surface area contributed by atoms with Crippen molar-refractivity contribution in [2.75, 3.05) is 0 Å². The van der Waals surface area contributed by atoms with Crippen LogP contribution in [0.25, 0.3) is 22.6 Å². The summed E-state index contributed by atoms with van der Waals surface area (Å²) < 4.78 is 10.1. The van der Waals surface area contributed by atoms with Crippen molar-refractivity contribution < 1.29 is 4.74 Å². The monoisotopic (exact) mass is 326 g/mol. The number of hydrogen-bond acceptors (Lipinski definition) is 5. The lowest BCUT2D eigenvalue weighted by molar-refractivity contribution is 0.204. The summed E-state index contributed by atoms with van der Waals surface area (Å²) in [5.74, 6) is 1.44. The Morgan fingerprint density at radius 3 is 2.75 bits per heavy atom. The second-order valence-corrected chi connectivity index (χ2v) is 6.33. The van der Waals surface area contributed by atoms with E-state index in [4.69, 9.17) is 9.72 Å². The van der Waals surface area contributed by atoms with Crippen LogP contribution in [0.2, 0.25) is 0 Å². The van der Waals surface area contributed by atoms with Gasteiger partial charge in [0.1, 0.15) is 18.3 Å². The molecule has 3 heterocycles. The highest BCUT2D eigenvalue weighted by molar-refractivity contribution is 5.81. The summed E-state index contributed by atoms with van der Waals surface area (Å²) in [6.45, 7) is 4.98. The summed E-state index contributed by atoms with van der Waals surface area (Å²) in [4.78, 5) is 13.5. The highest BCUT2D eigenvalue weighted by Crippen LogP contribution is 2.30. The minimum atomic E-state index is 0.248. The number of fused-ring (bicyclic) bond motifs is 1. The largest absolute Gasteiger partial charge is 0.473 e. The van der Waals surface area contributed by atoms with Gasteiger partial charge in [-0.15, -0.1) is 0 Å². The summed E-state index contributed by atoms with van der Waals surface area (Å²) >= 11 is 0. The van der Waals surface area contributed by atoms with Crippen molar-refractivity contribution in [3.8, 4) is 17.3 Å². The van der Waals surface area contributed by atoms with Crippen LogP contribution in [0.5, 0.6) is 5.88 Å². The molecule has 0 amide bonds. The van der Waals surface area contributed by atoms with Crippen LogP contribution in [-0.4, -0.2) is 35.4 Å². The molecule has 3 aromatic rings. The van der Waals surface area contributed by atoms with E-state index in [1.165, 1.54) is 12.8 Å². The third kappa shape index (κ3) is 2.35. The van der Waals surface area contributed by atoms with Gasteiger partial charge in [0.25, 0.3) is 0 Å². The Kier molecular flexibility index (Phi) is 3.70. The van der Waals surface area contributed by atoms with Gasteiger partial charge in [-0.3, -0.25) is 4.68 Å². The average molecular weight is 326 g/mol. The first kappa shape index (κ1) is 15.1. The van der Waals surface area contributed by atoms with Gasteiger partial charge in [0.2, 0.25) is 5.88 Å². The lowest BCUT2D eigenvalue weighted by Crippen LogP contribution is -2.12. The molecule has 0 aromatic carbocycles. The van der Waals surface area contributed by atoms with Crippen LogP contribution < -0.4 is 4.74 Å². The van der Waals surface area contributed by atoms with Crippen molar-refractivity contribution in [3.63, 3.8) is 0 Å². The normalized spacial score (nSPS) is 15.5. The summed E-state index contributed by atoms with van der Waals surface area (Å²) in [6.07, 6.45) is 8.30. The lowest BCUT2D eigenvalue weighted by Gasteiger charge is -2.11. The maximum atomic E-state index is 6.10. The number of aryl methyl sites for hydroxylation is 2. The zero-order valence-electron chi connectivity index (χ0n) is 14.4. The van der Waals surface area contributed by atoms with E-state index in [0.29, 0.717) is 5.88 Å². The van der Waals surface area contributed by atoms with Crippen LogP contribution >= 0.6 is 0 Å². The number of rotatable bonds is 4. The second kappa shape index (κ2) is 5.89. The molecule has 7 heteroatoms. The van der Waals surface area contributed by atoms with E-state index in [1.54, 1.807) is 6.33 Å². The molecular formula is C17H22N6O. The Morgan fingerprint density at radius 2 is 2.04 bits per heavy atom. The fourth-order valence-corrected chi connectivity index (χ4v) is 3.45. The van der Waals surface area contributed by atoms with E-state index in [-0.39, 0.29) is 6.10 Å². The standard InChI is InChI=1S/C17H22N6O/c1-4-23-11(2)13(9-20-23)15-21-14-16(22(15)3)18-10-19-17(14)24-12-7-5-6-8-12/h9-10,12H,4-8H2,1-3H3. The van der Waals surface area contributed by atoms with Crippen molar-refractivity contribution in [1.29, 1.82) is 0 Å². The highest BCUT2D eigenvalue weighted by atomic mass is 16.5. The summed E-state index contributed by atoms with van der Waals surface area (Å²) in [5, 5.41) is 4.42. The van der Waals surface area contributed by atoms with E-state index in [0.717, 1.165) is 47.6 Å². The molecule has 3 aromatic heterocycles. The van der Waals surface area contributed by atoms with Gasteiger partial charge in [-0.25, -0.2) is 9.97 Å². The van der Waals surface area contributed by atoms with Gasteiger partial charge >= 0.3 is 0 Å². The average Bonchev–Trinajstić information content (AvgIpc) is 3.29. The van der Waals surface area contributed by atoms with Gasteiger partial charge in [-0.1, -0.05) is 0 Å². The molecule has 1 aliphatic carbocycles. The highest BCUT2D eigenvalue weighted by Gasteiger charge is 2.22. The quantitative estimate of drug-likeness (QED) is 0.737. The fraction of sp³-hybridized carbons (Fsp3) is 0.529. The first-order valence-electron chi connectivity index (χ1n) is 8.56. The van der Waals surface area contributed by atoms with Crippen molar-refractivity contribution in [2.45, 2.75) is 52.2 Å². The van der Waals surface area contributed by atoms with E-state index < -0.39 is 0 Å². The Morgan fingerprint density at radius 1 is 1.25 bits per heavy atom. The van der Waals surface area contributed by atoms with Gasteiger partial charge < -0.3 is 9.30 Å². The third-order valence-electron chi connectivity index (χ3n) is 4.85. The molecule has 0 radical (unpaired) electrons. The van der Waals surface area contributed by atoms with Gasteiger partial charge in [-0.2, -0.15) is 10.1 Å². The molecule has 0 atom stereocenters. The molecule has 0 unspecified atom stereocenters. The van der Waals surface area contributed by atoms with Gasteiger partial charge in [0, 0.05) is 19.3 Å². The molecule has 0 spiro atoms. The van der Waals surface area contributed by atoms with Crippen LogP contribution in [0.1, 0.15) is 38.3 Å². The van der Waals surface area contributed by atoms with E-state index >= 15 is 0 Å². The van der Waals surface area contributed by atoms with Gasteiger partial charge in [0.15, 0.2) is 11.2 Å². The number of hydrogen-bond donors (Lipinski definition) is 0. The Hall–Kier alpha value is -2.44. The maximum absolute atomic E-state index is 6.10. The third-order valence-corrected chi connectivity index (χ3v) is 4.85. The summed E-state index contributed by atoms with van der Waals surface area (Å²) in [5.41, 5.74) is 3.63. The minimum absolute atomic E-state index is 0.248. The van der Waals surface area contributed by atoms with E-state index in [9.17, 15) is 0 Å². The zero-order chi connectivity index (χ0) is 16.7. The predicted octanol–water partition coefficient (Wildman–Crippen LogP) is 2.88. The molecule has 7 nitrogen and oxygen atoms in total. The SMILES string of the molecule is CCn1ncc(-c2nc3c(OC4CCCC4)ncnc3n2C)c1C. The summed E-state index contributed by atoms with van der Waals surface area (Å²) in [6, 6.07) is 0. The molecule has 24 heavy (non-hydrogen) atoms. The zero-order valence-corrected chi connectivity index (χ0v) is 14.4. The van der Waals surface area contributed by atoms with Crippen LogP contribution in [-0.2, 0) is 13.6 Å². The Labute approximate surface area is 140 Å². The number of aromatic nitrogens is 6. The molecule has 126 valence electrons. The van der Waals surface area contributed by atoms with Crippen LogP contribution in [0.3, 0.4) is 0 Å². The molecule has 1 saturated carbocycles. The van der Waals surface area contributed by atoms with Crippen LogP contribution in [0.4, 0.5) is 0 Å².